The number of carbonyl (C=O) groups excluding carboxylic acids is 1. The van der Waals surface area contributed by atoms with E-state index in [4.69, 9.17) is 4.99 Å². The fourth-order valence-corrected chi connectivity index (χ4v) is 4.26. The minimum Gasteiger partial charge on any atom is -0.345 e. The zero-order chi connectivity index (χ0) is 22.4. The highest BCUT2D eigenvalue weighted by molar-refractivity contribution is 6.16. The first kappa shape index (κ1) is 19.2. The van der Waals surface area contributed by atoms with Gasteiger partial charge in [-0.05, 0) is 42.8 Å². The largest absolute Gasteiger partial charge is 0.345 e. The van der Waals surface area contributed by atoms with E-state index >= 15 is 0 Å². The van der Waals surface area contributed by atoms with Crippen LogP contribution in [-0.2, 0) is 6.67 Å². The van der Waals surface area contributed by atoms with E-state index in [0.717, 1.165) is 38.9 Å². The first-order chi connectivity index (χ1) is 16.2. The van der Waals surface area contributed by atoms with Gasteiger partial charge in [0, 0.05) is 5.69 Å². The van der Waals surface area contributed by atoms with Gasteiger partial charge in [-0.1, -0.05) is 47.2 Å². The highest BCUT2D eigenvalue weighted by Crippen LogP contribution is 2.33. The van der Waals surface area contributed by atoms with Crippen LogP contribution in [0.3, 0.4) is 0 Å². The quantitative estimate of drug-likeness (QED) is 0.445. The van der Waals surface area contributed by atoms with Crippen molar-refractivity contribution in [3.05, 3.63) is 84.2 Å². The number of benzene rings is 3. The first-order valence-electron chi connectivity index (χ1n) is 10.6. The Labute approximate surface area is 188 Å². The highest BCUT2D eigenvalue weighted by Gasteiger charge is 2.39. The van der Waals surface area contributed by atoms with Crippen molar-refractivity contribution in [2.75, 3.05) is 4.90 Å². The van der Waals surface area contributed by atoms with Crippen molar-refractivity contribution < 1.29 is 4.79 Å². The van der Waals surface area contributed by atoms with Gasteiger partial charge in [0.2, 0.25) is 0 Å². The number of amidine groups is 1. The first-order valence-corrected chi connectivity index (χ1v) is 10.6. The minimum atomic E-state index is -0.396. The molecule has 3 heterocycles. The molecule has 3 aromatic carbocycles. The summed E-state index contributed by atoms with van der Waals surface area (Å²) >= 11 is 0. The van der Waals surface area contributed by atoms with E-state index in [-0.39, 0.29) is 12.7 Å². The third kappa shape index (κ3) is 3.30. The molecular formula is C24H20N8O. The molecule has 9 nitrogen and oxygen atoms in total. The lowest BCUT2D eigenvalue weighted by molar-refractivity contribution is 0.252. The summed E-state index contributed by atoms with van der Waals surface area (Å²) < 4.78 is 1.72. The van der Waals surface area contributed by atoms with Crippen molar-refractivity contribution in [1.29, 1.82) is 0 Å². The number of carbonyl (C=O) groups is 1. The summed E-state index contributed by atoms with van der Waals surface area (Å²) in [5, 5.41) is 11.4. The molecule has 0 aliphatic carbocycles. The molecule has 0 radical (unpaired) electrons. The maximum atomic E-state index is 13.2. The summed E-state index contributed by atoms with van der Waals surface area (Å²) in [7, 11) is 0. The second-order valence-corrected chi connectivity index (χ2v) is 7.98. The number of nitrogens with one attached hydrogen (secondary N) is 2. The number of amides is 2. The van der Waals surface area contributed by atoms with Gasteiger partial charge in [0.1, 0.15) is 24.1 Å². The van der Waals surface area contributed by atoms with Crippen LogP contribution in [0.25, 0.3) is 22.1 Å². The molecule has 2 aromatic heterocycles. The molecule has 2 amide bonds. The second kappa shape index (κ2) is 7.56. The number of para-hydroxylation sites is 1. The van der Waals surface area contributed by atoms with Gasteiger partial charge in [0.05, 0.1) is 22.9 Å². The maximum Gasteiger partial charge on any atom is 0.328 e. The topological polar surface area (TPSA) is 104 Å². The van der Waals surface area contributed by atoms with Crippen molar-refractivity contribution in [3.63, 3.8) is 0 Å². The average Bonchev–Trinajstić information content (AvgIpc) is 3.54. The molecule has 6 rings (SSSR count). The van der Waals surface area contributed by atoms with Crippen molar-refractivity contribution >= 4 is 39.6 Å². The predicted molar refractivity (Wildman–Crippen MR) is 126 cm³/mol. The number of urea groups is 1. The lowest BCUT2D eigenvalue weighted by Gasteiger charge is -2.24. The van der Waals surface area contributed by atoms with Crippen molar-refractivity contribution in [1.82, 2.24) is 30.3 Å². The van der Waals surface area contributed by atoms with Crippen LogP contribution >= 0.6 is 0 Å². The Balaban J connectivity index is 1.43. The molecule has 1 unspecified atom stereocenters. The molecule has 0 saturated carbocycles. The van der Waals surface area contributed by atoms with E-state index in [1.807, 2.05) is 67.6 Å². The van der Waals surface area contributed by atoms with Gasteiger partial charge < -0.3 is 4.98 Å². The number of hydrogen-bond acceptors (Lipinski definition) is 5. The van der Waals surface area contributed by atoms with Crippen LogP contribution in [0.4, 0.5) is 10.5 Å². The van der Waals surface area contributed by atoms with Crippen molar-refractivity contribution in [2.45, 2.75) is 19.6 Å². The van der Waals surface area contributed by atoms with Crippen LogP contribution < -0.4 is 10.2 Å². The van der Waals surface area contributed by atoms with Gasteiger partial charge in [-0.25, -0.2) is 19.5 Å². The minimum absolute atomic E-state index is 0.234. The fraction of sp³-hybridized carbons (Fsp3) is 0.125. The van der Waals surface area contributed by atoms with Crippen LogP contribution in [0.2, 0.25) is 0 Å². The Morgan fingerprint density at radius 2 is 1.94 bits per heavy atom. The number of nitrogens with zero attached hydrogens (tertiary/aromatic N) is 6. The number of rotatable bonds is 4. The summed E-state index contributed by atoms with van der Waals surface area (Å²) in [6, 6.07) is 20.9. The molecule has 1 aliphatic rings. The number of imidazole rings is 1. The summed E-state index contributed by atoms with van der Waals surface area (Å²) in [5.41, 5.74) is 6.24. The van der Waals surface area contributed by atoms with Crippen molar-refractivity contribution in [2.24, 2.45) is 4.99 Å². The number of anilines is 1. The van der Waals surface area contributed by atoms with Gasteiger partial charge in [-0.15, -0.1) is 5.10 Å². The van der Waals surface area contributed by atoms with Crippen LogP contribution in [0.15, 0.2) is 78.0 Å². The molecule has 5 aromatic rings. The second-order valence-electron chi connectivity index (χ2n) is 7.98. The standard InChI is InChI=1S/C24H20N8O/c1-15-5-4-6-16(11-15)22-23(27-14-31-21-8-3-2-7-19(21)29-30-31)28-24(33)32(22)17-9-10-18-20(12-17)26-13-25-18/h2-13,22H,14H2,1H3,(H,25,26)(H,27,28,33). The summed E-state index contributed by atoms with van der Waals surface area (Å²) in [6.07, 6.45) is 1.64. The monoisotopic (exact) mass is 436 g/mol. The lowest BCUT2D eigenvalue weighted by atomic mass is 10.0. The van der Waals surface area contributed by atoms with Crippen LogP contribution in [0.1, 0.15) is 17.2 Å². The highest BCUT2D eigenvalue weighted by atomic mass is 16.2. The molecule has 0 bridgehead atoms. The van der Waals surface area contributed by atoms with Crippen LogP contribution in [-0.4, -0.2) is 36.8 Å². The van der Waals surface area contributed by atoms with E-state index in [9.17, 15) is 4.79 Å². The molecule has 162 valence electrons. The summed E-state index contributed by atoms with van der Waals surface area (Å²) in [5.74, 6) is 0.565. The van der Waals surface area contributed by atoms with Crippen molar-refractivity contribution in [3.8, 4) is 0 Å². The summed E-state index contributed by atoms with van der Waals surface area (Å²) in [6.45, 7) is 2.28. The van der Waals surface area contributed by atoms with Crippen LogP contribution in [0, 0.1) is 6.92 Å². The molecule has 1 fully saturated rings. The van der Waals surface area contributed by atoms with Crippen LogP contribution in [0.5, 0.6) is 0 Å². The Kier molecular flexibility index (Phi) is 4.39. The molecule has 9 heteroatoms. The Morgan fingerprint density at radius 1 is 1.03 bits per heavy atom. The number of aryl methyl sites for hydroxylation is 1. The smallest absolute Gasteiger partial charge is 0.328 e. The molecule has 2 N–H and O–H groups in total. The molecule has 1 atom stereocenters. The molecule has 0 spiro atoms. The normalized spacial score (nSPS) is 17.4. The average molecular weight is 436 g/mol. The molecular weight excluding hydrogens is 416 g/mol. The maximum absolute atomic E-state index is 13.2. The summed E-state index contributed by atoms with van der Waals surface area (Å²) in [4.78, 5) is 27.1. The number of aliphatic imine (C=N–C) groups is 1. The Morgan fingerprint density at radius 3 is 2.85 bits per heavy atom. The van der Waals surface area contributed by atoms with Gasteiger partial charge >= 0.3 is 6.03 Å². The molecule has 1 aliphatic heterocycles. The van der Waals surface area contributed by atoms with E-state index < -0.39 is 6.04 Å². The van der Waals surface area contributed by atoms with Gasteiger partial charge in [0.25, 0.3) is 0 Å². The Hall–Kier alpha value is -4.53. The number of H-pyrrole nitrogens is 1. The predicted octanol–water partition coefficient (Wildman–Crippen LogP) is 3.94. The van der Waals surface area contributed by atoms with Gasteiger partial charge in [0.15, 0.2) is 0 Å². The third-order valence-electron chi connectivity index (χ3n) is 5.81. The third-order valence-corrected chi connectivity index (χ3v) is 5.81. The van der Waals surface area contributed by atoms with E-state index in [0.29, 0.717) is 5.84 Å². The van der Waals surface area contributed by atoms with E-state index in [2.05, 4.69) is 31.7 Å². The zero-order valence-corrected chi connectivity index (χ0v) is 17.8. The van der Waals surface area contributed by atoms with E-state index in [1.54, 1.807) is 15.9 Å². The van der Waals surface area contributed by atoms with E-state index in [1.165, 1.54) is 0 Å². The Bertz CT molecular complexity index is 1530. The molecule has 33 heavy (non-hydrogen) atoms. The number of aromatic nitrogens is 5. The zero-order valence-electron chi connectivity index (χ0n) is 17.8. The SMILES string of the molecule is Cc1cccc(C2/C(=N\Cn3nnc4ccccc43)NC(=O)N2c2ccc3nc[nH]c3c2)c1. The van der Waals surface area contributed by atoms with Gasteiger partial charge in [-0.3, -0.25) is 10.2 Å². The number of hydrogen-bond donors (Lipinski definition) is 2. The van der Waals surface area contributed by atoms with Gasteiger partial charge in [-0.2, -0.15) is 0 Å². The number of aromatic amines is 1. The molecule has 1 saturated heterocycles. The fourth-order valence-electron chi connectivity index (χ4n) is 4.26. The lowest BCUT2D eigenvalue weighted by Crippen LogP contribution is -2.29. The number of fused-ring (bicyclic) bond motifs is 2.